The zero-order valence-electron chi connectivity index (χ0n) is 18.6. The molecule has 0 bridgehead atoms. The lowest BCUT2D eigenvalue weighted by Gasteiger charge is -2.29. The van der Waals surface area contributed by atoms with Gasteiger partial charge in [-0.2, -0.15) is 0 Å². The molecule has 0 aliphatic heterocycles. The van der Waals surface area contributed by atoms with Crippen molar-refractivity contribution >= 4 is 11.0 Å². The molecule has 160 valence electrons. The predicted octanol–water partition coefficient (Wildman–Crippen LogP) is 9.05. The van der Waals surface area contributed by atoms with Crippen molar-refractivity contribution in [1.82, 2.24) is 0 Å². The Morgan fingerprint density at radius 1 is 0.900 bits per heavy atom. The van der Waals surface area contributed by atoms with Crippen molar-refractivity contribution in [1.29, 1.82) is 0 Å². The fourth-order valence-electron chi connectivity index (χ4n) is 5.12. The quantitative estimate of drug-likeness (QED) is 0.340. The molecule has 1 heterocycles. The van der Waals surface area contributed by atoms with Gasteiger partial charge in [0, 0.05) is 5.39 Å². The van der Waals surface area contributed by atoms with Gasteiger partial charge in [0.25, 0.3) is 0 Å². The molecule has 1 aliphatic rings. The van der Waals surface area contributed by atoms with Gasteiger partial charge in [-0.25, -0.2) is 4.39 Å². The molecule has 0 atom stereocenters. The van der Waals surface area contributed by atoms with Gasteiger partial charge in [0.2, 0.25) is 0 Å². The second kappa shape index (κ2) is 9.81. The Kier molecular flexibility index (Phi) is 6.92. The SMILES string of the molecule is CCCCCC1CCC(c2ccc(-c3cc4cc(CCC)ccc4o3)c(F)c2)CC1. The number of aryl methyl sites for hydroxylation is 1. The number of unbranched alkanes of at least 4 members (excludes halogenated alkanes) is 2. The minimum atomic E-state index is -0.162. The lowest BCUT2D eigenvalue weighted by Crippen LogP contribution is -2.13. The molecule has 0 N–H and O–H groups in total. The Morgan fingerprint density at radius 2 is 1.73 bits per heavy atom. The van der Waals surface area contributed by atoms with Crippen LogP contribution in [0.2, 0.25) is 0 Å². The number of benzene rings is 2. The summed E-state index contributed by atoms with van der Waals surface area (Å²) >= 11 is 0. The van der Waals surface area contributed by atoms with Gasteiger partial charge < -0.3 is 4.42 Å². The Bertz CT molecular complexity index is 962. The van der Waals surface area contributed by atoms with E-state index in [2.05, 4.69) is 32.0 Å². The van der Waals surface area contributed by atoms with Crippen molar-refractivity contribution in [3.8, 4) is 11.3 Å². The number of hydrogen-bond donors (Lipinski definition) is 0. The molecule has 0 unspecified atom stereocenters. The van der Waals surface area contributed by atoms with Crippen LogP contribution >= 0.6 is 0 Å². The summed E-state index contributed by atoms with van der Waals surface area (Å²) in [7, 11) is 0. The number of fused-ring (bicyclic) bond motifs is 1. The van der Waals surface area contributed by atoms with Crippen LogP contribution in [0.3, 0.4) is 0 Å². The van der Waals surface area contributed by atoms with Crippen LogP contribution in [0, 0.1) is 11.7 Å². The summed E-state index contributed by atoms with van der Waals surface area (Å²) in [6, 6.07) is 14.1. The highest BCUT2D eigenvalue weighted by Gasteiger charge is 2.23. The van der Waals surface area contributed by atoms with Gasteiger partial charge in [0.15, 0.2) is 0 Å². The Hall–Kier alpha value is -2.09. The Morgan fingerprint density at radius 3 is 2.47 bits per heavy atom. The zero-order valence-corrected chi connectivity index (χ0v) is 18.6. The average Bonchev–Trinajstić information content (AvgIpc) is 3.18. The Balaban J connectivity index is 1.45. The molecule has 1 nitrogen and oxygen atoms in total. The number of rotatable bonds is 8. The molecule has 0 radical (unpaired) electrons. The highest BCUT2D eigenvalue weighted by Crippen LogP contribution is 2.39. The minimum Gasteiger partial charge on any atom is -0.456 e. The third-order valence-electron chi connectivity index (χ3n) is 6.91. The summed E-state index contributed by atoms with van der Waals surface area (Å²) < 4.78 is 21.0. The first kappa shape index (κ1) is 21.2. The number of furan rings is 1. The summed E-state index contributed by atoms with van der Waals surface area (Å²) in [4.78, 5) is 0. The molecule has 0 spiro atoms. The highest BCUT2D eigenvalue weighted by molar-refractivity contribution is 5.83. The maximum Gasteiger partial charge on any atom is 0.138 e. The standard InChI is InChI=1S/C28H35FO/c1-3-5-6-8-20-9-12-22(13-10-20)23-14-15-25(26(29)18-23)28-19-24-17-21(7-4-2)11-16-27(24)30-28/h11,14-20,22H,3-10,12-13H2,1-2H3. The molecular weight excluding hydrogens is 371 g/mol. The zero-order chi connectivity index (χ0) is 20.9. The van der Waals surface area contributed by atoms with Gasteiger partial charge >= 0.3 is 0 Å². The molecule has 1 aromatic heterocycles. The van der Waals surface area contributed by atoms with E-state index >= 15 is 4.39 Å². The van der Waals surface area contributed by atoms with Crippen molar-refractivity contribution in [2.45, 2.75) is 84.0 Å². The molecule has 30 heavy (non-hydrogen) atoms. The van der Waals surface area contributed by atoms with Gasteiger partial charge in [-0.05, 0) is 85.4 Å². The first-order valence-electron chi connectivity index (χ1n) is 12.0. The number of halogens is 1. The topological polar surface area (TPSA) is 13.1 Å². The lowest BCUT2D eigenvalue weighted by molar-refractivity contribution is 0.302. The third-order valence-corrected chi connectivity index (χ3v) is 6.91. The normalized spacial score (nSPS) is 19.4. The molecule has 2 heteroatoms. The molecule has 1 saturated carbocycles. The van der Waals surface area contributed by atoms with Gasteiger partial charge in [0.05, 0.1) is 5.56 Å². The van der Waals surface area contributed by atoms with Gasteiger partial charge in [0.1, 0.15) is 17.2 Å². The van der Waals surface area contributed by atoms with E-state index in [-0.39, 0.29) is 5.82 Å². The second-order valence-corrected chi connectivity index (χ2v) is 9.19. The molecular formula is C28H35FO. The van der Waals surface area contributed by atoms with E-state index in [1.165, 1.54) is 56.9 Å². The predicted molar refractivity (Wildman–Crippen MR) is 124 cm³/mol. The smallest absolute Gasteiger partial charge is 0.138 e. The van der Waals surface area contributed by atoms with E-state index in [0.717, 1.165) is 35.3 Å². The van der Waals surface area contributed by atoms with Crippen LogP contribution < -0.4 is 0 Å². The number of hydrogen-bond acceptors (Lipinski definition) is 1. The van der Waals surface area contributed by atoms with Crippen molar-refractivity contribution in [3.63, 3.8) is 0 Å². The van der Waals surface area contributed by atoms with Crippen LogP contribution in [-0.4, -0.2) is 0 Å². The van der Waals surface area contributed by atoms with E-state index in [1.54, 1.807) is 6.07 Å². The highest BCUT2D eigenvalue weighted by atomic mass is 19.1. The first-order chi connectivity index (χ1) is 14.7. The monoisotopic (exact) mass is 406 g/mol. The van der Waals surface area contributed by atoms with E-state index < -0.39 is 0 Å². The molecule has 0 amide bonds. The van der Waals surface area contributed by atoms with Crippen molar-refractivity contribution in [2.75, 3.05) is 0 Å². The van der Waals surface area contributed by atoms with E-state index in [1.807, 2.05) is 18.2 Å². The average molecular weight is 407 g/mol. The van der Waals surface area contributed by atoms with Crippen LogP contribution in [0.15, 0.2) is 46.9 Å². The van der Waals surface area contributed by atoms with Crippen LogP contribution in [0.4, 0.5) is 4.39 Å². The van der Waals surface area contributed by atoms with Crippen LogP contribution in [0.5, 0.6) is 0 Å². The maximum absolute atomic E-state index is 15.0. The van der Waals surface area contributed by atoms with Gasteiger partial charge in [-0.3, -0.25) is 0 Å². The third kappa shape index (κ3) is 4.79. The van der Waals surface area contributed by atoms with E-state index in [9.17, 15) is 0 Å². The first-order valence-corrected chi connectivity index (χ1v) is 12.0. The van der Waals surface area contributed by atoms with Crippen molar-refractivity contribution in [2.24, 2.45) is 5.92 Å². The fraction of sp³-hybridized carbons (Fsp3) is 0.500. The molecule has 0 saturated heterocycles. The van der Waals surface area contributed by atoms with Crippen LogP contribution in [0.25, 0.3) is 22.3 Å². The van der Waals surface area contributed by atoms with Crippen LogP contribution in [0.1, 0.15) is 88.7 Å². The minimum absolute atomic E-state index is 0.162. The summed E-state index contributed by atoms with van der Waals surface area (Å²) in [5, 5.41) is 1.06. The fourth-order valence-corrected chi connectivity index (χ4v) is 5.12. The molecule has 4 rings (SSSR count). The van der Waals surface area contributed by atoms with Crippen molar-refractivity contribution in [3.05, 3.63) is 59.4 Å². The lowest BCUT2D eigenvalue weighted by atomic mass is 9.77. The summed E-state index contributed by atoms with van der Waals surface area (Å²) in [5.74, 6) is 1.85. The molecule has 2 aromatic carbocycles. The largest absolute Gasteiger partial charge is 0.456 e. The van der Waals surface area contributed by atoms with E-state index in [4.69, 9.17) is 4.42 Å². The molecule has 1 aliphatic carbocycles. The summed E-state index contributed by atoms with van der Waals surface area (Å²) in [5.41, 5.74) is 3.86. The summed E-state index contributed by atoms with van der Waals surface area (Å²) in [6.45, 7) is 4.45. The van der Waals surface area contributed by atoms with Crippen molar-refractivity contribution < 1.29 is 8.81 Å². The van der Waals surface area contributed by atoms with Gasteiger partial charge in [-0.1, -0.05) is 58.1 Å². The molecule has 1 fully saturated rings. The van der Waals surface area contributed by atoms with Gasteiger partial charge in [-0.15, -0.1) is 0 Å². The van der Waals surface area contributed by atoms with E-state index in [0.29, 0.717) is 17.2 Å². The maximum atomic E-state index is 15.0. The summed E-state index contributed by atoms with van der Waals surface area (Å²) in [6.07, 6.45) is 12.5. The Labute approximate surface area is 180 Å². The molecule has 3 aromatic rings. The second-order valence-electron chi connectivity index (χ2n) is 9.19. The van der Waals surface area contributed by atoms with Crippen LogP contribution in [-0.2, 0) is 6.42 Å².